The summed E-state index contributed by atoms with van der Waals surface area (Å²) in [7, 11) is 0. The van der Waals surface area contributed by atoms with Crippen molar-refractivity contribution >= 4 is 23.3 Å². The molecule has 0 heterocycles. The number of rotatable bonds is 12. The van der Waals surface area contributed by atoms with E-state index >= 15 is 0 Å². The van der Waals surface area contributed by atoms with Crippen LogP contribution in [0, 0.1) is 10.4 Å². The third-order valence-electron chi connectivity index (χ3n) is 4.62. The van der Waals surface area contributed by atoms with Crippen molar-refractivity contribution in [3.05, 3.63) is 94.3 Å². The molecule has 2 N–H and O–H groups in total. The van der Waals surface area contributed by atoms with Crippen LogP contribution in [0.4, 0.5) is 11.4 Å². The second-order valence-electron chi connectivity index (χ2n) is 7.04. The molecule has 0 amide bonds. The second kappa shape index (κ2) is 12.9. The smallest absolute Gasteiger partial charge is 0.338 e. The first-order chi connectivity index (χ1) is 17.4. The summed E-state index contributed by atoms with van der Waals surface area (Å²) >= 11 is 0. The predicted molar refractivity (Wildman–Crippen MR) is 126 cm³/mol. The minimum Gasteiger partial charge on any atom is -0.769 e. The van der Waals surface area contributed by atoms with E-state index in [-0.39, 0.29) is 43.2 Å². The van der Waals surface area contributed by atoms with Crippen LogP contribution < -0.4 is 19.9 Å². The van der Waals surface area contributed by atoms with Crippen molar-refractivity contribution in [1.82, 2.24) is 0 Å². The van der Waals surface area contributed by atoms with E-state index in [4.69, 9.17) is 18.9 Å². The average molecular weight is 498 g/mol. The Bertz CT molecular complexity index is 1050. The standard InChI is InChI=1S/C24H22N2O10/c27-23(17-7-3-1-4-8-17)35-13-11-33-21-16-22(20(26(31)32)15-19(21)25(29)30)34-12-14-36-24(28)18-9-5-2-6-10-18/h1-10,15-16,29-30H,11-14H2/q-2. The third-order valence-corrected chi connectivity index (χ3v) is 4.62. The van der Waals surface area contributed by atoms with Gasteiger partial charge in [0, 0.05) is 6.07 Å². The Labute approximate surface area is 205 Å². The number of carbonyl (C=O) groups is 2. The fraction of sp³-hybridized carbons (Fsp3) is 0.167. The summed E-state index contributed by atoms with van der Waals surface area (Å²) in [5, 5.41) is 40.8. The molecule has 0 bridgehead atoms. The van der Waals surface area contributed by atoms with Crippen molar-refractivity contribution in [2.75, 3.05) is 36.9 Å². The van der Waals surface area contributed by atoms with E-state index in [1.165, 1.54) is 0 Å². The molecule has 0 atom stereocenters. The molecule has 0 aliphatic rings. The molecule has 3 rings (SSSR count). The van der Waals surface area contributed by atoms with E-state index in [0.717, 1.165) is 12.1 Å². The summed E-state index contributed by atoms with van der Waals surface area (Å²) in [5.74, 6) is -1.63. The van der Waals surface area contributed by atoms with Gasteiger partial charge in [-0.1, -0.05) is 36.4 Å². The van der Waals surface area contributed by atoms with E-state index in [1.54, 1.807) is 60.7 Å². The van der Waals surface area contributed by atoms with E-state index in [1.807, 2.05) is 0 Å². The van der Waals surface area contributed by atoms with Crippen LogP contribution in [-0.2, 0) is 9.47 Å². The van der Waals surface area contributed by atoms with Gasteiger partial charge >= 0.3 is 11.9 Å². The molecular weight excluding hydrogens is 476 g/mol. The maximum atomic E-state index is 12.0. The van der Waals surface area contributed by atoms with Crippen molar-refractivity contribution in [2.45, 2.75) is 0 Å². The number of hydrogen-bond donors (Lipinski definition) is 2. The Morgan fingerprint density at radius 2 is 1.11 bits per heavy atom. The van der Waals surface area contributed by atoms with Crippen molar-refractivity contribution < 1.29 is 39.0 Å². The lowest BCUT2D eigenvalue weighted by Crippen LogP contribution is -2.18. The molecule has 0 spiro atoms. The largest absolute Gasteiger partial charge is 0.769 e. The Balaban J connectivity index is 1.61. The number of carbonyl (C=O) groups excluding carboxylic acids is 2. The fourth-order valence-corrected chi connectivity index (χ4v) is 2.96. The molecule has 0 unspecified atom stereocenters. The normalized spacial score (nSPS) is 10.3. The molecule has 0 aliphatic heterocycles. The number of ether oxygens (including phenoxy) is 4. The molecule has 3 aromatic carbocycles. The lowest BCUT2D eigenvalue weighted by Gasteiger charge is -2.39. The van der Waals surface area contributed by atoms with Crippen molar-refractivity contribution in [2.24, 2.45) is 0 Å². The van der Waals surface area contributed by atoms with Crippen LogP contribution in [0.3, 0.4) is 0 Å². The lowest BCUT2D eigenvalue weighted by atomic mass is 10.2. The highest BCUT2D eigenvalue weighted by Crippen LogP contribution is 2.39. The van der Waals surface area contributed by atoms with Gasteiger partial charge in [0.05, 0.1) is 16.8 Å². The van der Waals surface area contributed by atoms with Gasteiger partial charge in [-0.3, -0.25) is 10.4 Å². The topological polar surface area (TPSA) is 164 Å². The zero-order chi connectivity index (χ0) is 25.9. The molecule has 0 fully saturated rings. The molecule has 12 heteroatoms. The van der Waals surface area contributed by atoms with Crippen molar-refractivity contribution in [3.63, 3.8) is 0 Å². The summed E-state index contributed by atoms with van der Waals surface area (Å²) in [6.45, 7) is -0.822. The zero-order valence-electron chi connectivity index (χ0n) is 18.8. The monoisotopic (exact) mass is 498 g/mol. The summed E-state index contributed by atoms with van der Waals surface area (Å²) < 4.78 is 21.0. The Kier molecular flexibility index (Phi) is 9.42. The van der Waals surface area contributed by atoms with Crippen molar-refractivity contribution in [1.29, 1.82) is 0 Å². The maximum absolute atomic E-state index is 12.0. The SMILES string of the molecule is O=C(OCCOc1cc(OCCOC(=O)c2ccccc2)c(N(O)O)cc1N([O-])[O-])c1ccccc1. The molecule has 0 saturated heterocycles. The van der Waals surface area contributed by atoms with Crippen LogP contribution >= 0.6 is 0 Å². The van der Waals surface area contributed by atoms with Gasteiger partial charge in [0.15, 0.2) is 5.75 Å². The lowest BCUT2D eigenvalue weighted by molar-refractivity contribution is 0.0262. The molecular formula is C24H22N2O10-2. The minimum atomic E-state index is -0.788. The number of esters is 2. The Morgan fingerprint density at radius 1 is 0.667 bits per heavy atom. The first kappa shape index (κ1) is 26.2. The van der Waals surface area contributed by atoms with Crippen LogP contribution in [0.25, 0.3) is 0 Å². The summed E-state index contributed by atoms with van der Waals surface area (Å²) in [6, 6.07) is 18.4. The van der Waals surface area contributed by atoms with Gasteiger partial charge in [-0.2, -0.15) is 0 Å². The molecule has 0 saturated carbocycles. The fourth-order valence-electron chi connectivity index (χ4n) is 2.96. The highest BCUT2D eigenvalue weighted by Gasteiger charge is 2.16. The van der Waals surface area contributed by atoms with Crippen molar-refractivity contribution in [3.8, 4) is 11.5 Å². The molecule has 12 nitrogen and oxygen atoms in total. The van der Waals surface area contributed by atoms with Gasteiger partial charge in [-0.05, 0) is 30.3 Å². The summed E-state index contributed by atoms with van der Waals surface area (Å²) in [4.78, 5) is 24.0. The number of anilines is 2. The number of hydrogen-bond acceptors (Lipinski definition) is 12. The minimum absolute atomic E-state index is 0.188. The number of nitrogens with zero attached hydrogens (tertiary/aromatic N) is 2. The van der Waals surface area contributed by atoms with Crippen LogP contribution in [0.15, 0.2) is 72.8 Å². The van der Waals surface area contributed by atoms with Crippen LogP contribution in [0.1, 0.15) is 20.7 Å². The van der Waals surface area contributed by atoms with Gasteiger partial charge in [0.25, 0.3) is 0 Å². The van der Waals surface area contributed by atoms with Crippen LogP contribution in [0.5, 0.6) is 11.5 Å². The second-order valence-corrected chi connectivity index (χ2v) is 7.04. The highest BCUT2D eigenvalue weighted by molar-refractivity contribution is 5.89. The van der Waals surface area contributed by atoms with Crippen LogP contribution in [-0.4, -0.2) is 48.8 Å². The number of benzene rings is 3. The van der Waals surface area contributed by atoms with Gasteiger partial charge < -0.3 is 34.6 Å². The molecule has 3 aromatic rings. The van der Waals surface area contributed by atoms with E-state index in [2.05, 4.69) is 0 Å². The zero-order valence-corrected chi connectivity index (χ0v) is 18.8. The van der Waals surface area contributed by atoms with Gasteiger partial charge in [-0.15, -0.1) is 5.23 Å². The summed E-state index contributed by atoms with van der Waals surface area (Å²) in [6.07, 6.45) is 0. The van der Waals surface area contributed by atoms with Crippen LogP contribution in [0.2, 0.25) is 0 Å². The van der Waals surface area contributed by atoms with Gasteiger partial charge in [-0.25, -0.2) is 9.59 Å². The first-order valence-corrected chi connectivity index (χ1v) is 10.6. The Morgan fingerprint density at radius 3 is 1.53 bits per heavy atom. The molecule has 0 aliphatic carbocycles. The molecule has 190 valence electrons. The quantitative estimate of drug-likeness (QED) is 0.212. The van der Waals surface area contributed by atoms with Gasteiger partial charge in [0.1, 0.15) is 37.9 Å². The van der Waals surface area contributed by atoms with E-state index < -0.39 is 28.5 Å². The predicted octanol–water partition coefficient (Wildman–Crippen LogP) is 3.55. The Hall–Kier alpha value is -4.36. The third kappa shape index (κ3) is 7.32. The molecule has 36 heavy (non-hydrogen) atoms. The average Bonchev–Trinajstić information content (AvgIpc) is 2.89. The van der Waals surface area contributed by atoms with Gasteiger partial charge in [0.2, 0.25) is 0 Å². The van der Waals surface area contributed by atoms with E-state index in [9.17, 15) is 30.4 Å². The van der Waals surface area contributed by atoms with E-state index in [0.29, 0.717) is 11.1 Å². The maximum Gasteiger partial charge on any atom is 0.338 e. The summed E-state index contributed by atoms with van der Waals surface area (Å²) in [5.41, 5.74) is -0.356. The molecule has 0 aromatic heterocycles. The highest BCUT2D eigenvalue weighted by atomic mass is 16.8. The first-order valence-electron chi connectivity index (χ1n) is 10.6. The molecule has 0 radical (unpaired) electrons.